The Morgan fingerprint density at radius 1 is 1.28 bits per heavy atom. The largest absolute Gasteiger partial charge is 0.480 e. The molecular formula is C19H20N2O3S. The van der Waals surface area contributed by atoms with Crippen molar-refractivity contribution in [3.05, 3.63) is 51.9 Å². The van der Waals surface area contributed by atoms with Crippen molar-refractivity contribution in [1.29, 1.82) is 0 Å². The molecule has 25 heavy (non-hydrogen) atoms. The molecule has 3 rings (SSSR count). The summed E-state index contributed by atoms with van der Waals surface area (Å²) in [7, 11) is 0. The molecule has 0 aliphatic heterocycles. The molecule has 1 aromatic carbocycles. The average molecular weight is 356 g/mol. The number of aromatic nitrogens is 2. The highest BCUT2D eigenvalue weighted by molar-refractivity contribution is 7.17. The van der Waals surface area contributed by atoms with E-state index < -0.39 is 11.5 Å². The van der Waals surface area contributed by atoms with E-state index in [4.69, 9.17) is 0 Å². The lowest BCUT2D eigenvalue weighted by Crippen LogP contribution is -2.44. The number of nitrogens with zero attached hydrogens (tertiary/aromatic N) is 2. The molecule has 0 spiro atoms. The molecule has 0 aliphatic carbocycles. The average Bonchev–Trinajstić information content (AvgIpc) is 3.00. The Hall–Kier alpha value is -2.47. The third-order valence-electron chi connectivity index (χ3n) is 4.32. The molecule has 0 fully saturated rings. The predicted octanol–water partition coefficient (Wildman–Crippen LogP) is 3.90. The number of carboxylic acid groups (broad SMARTS) is 1. The molecule has 5 nitrogen and oxygen atoms in total. The Morgan fingerprint density at radius 2 is 1.96 bits per heavy atom. The molecular weight excluding hydrogens is 336 g/mol. The van der Waals surface area contributed by atoms with Gasteiger partial charge in [0, 0.05) is 17.4 Å². The second-order valence-corrected chi connectivity index (χ2v) is 7.34. The van der Waals surface area contributed by atoms with Crippen molar-refractivity contribution >= 4 is 27.5 Å². The fourth-order valence-electron chi connectivity index (χ4n) is 2.93. The number of carboxylic acids is 1. The summed E-state index contributed by atoms with van der Waals surface area (Å²) >= 11 is 1.42. The van der Waals surface area contributed by atoms with E-state index in [9.17, 15) is 14.7 Å². The van der Waals surface area contributed by atoms with Gasteiger partial charge < -0.3 is 5.11 Å². The zero-order valence-corrected chi connectivity index (χ0v) is 15.3. The number of carbonyl (C=O) groups is 1. The number of benzene rings is 1. The third kappa shape index (κ3) is 2.87. The molecule has 0 amide bonds. The fraction of sp³-hybridized carbons (Fsp3) is 0.316. The lowest BCUT2D eigenvalue weighted by atomic mass is 10.0. The van der Waals surface area contributed by atoms with Gasteiger partial charge in [-0.3, -0.25) is 9.36 Å². The second kappa shape index (κ2) is 6.44. The molecule has 6 heteroatoms. The predicted molar refractivity (Wildman–Crippen MR) is 100 cm³/mol. The van der Waals surface area contributed by atoms with Crippen molar-refractivity contribution in [3.63, 3.8) is 0 Å². The van der Waals surface area contributed by atoms with E-state index >= 15 is 0 Å². The number of hydrogen-bond donors (Lipinski definition) is 1. The van der Waals surface area contributed by atoms with Crippen molar-refractivity contribution in [1.82, 2.24) is 9.55 Å². The number of thiophene rings is 1. The first kappa shape index (κ1) is 17.4. The summed E-state index contributed by atoms with van der Waals surface area (Å²) in [5, 5.41) is 12.0. The van der Waals surface area contributed by atoms with Crippen LogP contribution in [0.1, 0.15) is 33.0 Å². The minimum Gasteiger partial charge on any atom is -0.480 e. The van der Waals surface area contributed by atoms with E-state index in [-0.39, 0.29) is 5.56 Å². The molecule has 0 saturated heterocycles. The first-order chi connectivity index (χ1) is 11.9. The zero-order chi connectivity index (χ0) is 18.2. The summed E-state index contributed by atoms with van der Waals surface area (Å²) < 4.78 is 1.35. The van der Waals surface area contributed by atoms with Crippen LogP contribution in [0.25, 0.3) is 21.3 Å². The molecule has 2 aromatic heterocycles. The third-order valence-corrected chi connectivity index (χ3v) is 5.19. The Morgan fingerprint density at radius 3 is 2.56 bits per heavy atom. The van der Waals surface area contributed by atoms with Gasteiger partial charge in [0.15, 0.2) is 0 Å². The molecule has 1 N–H and O–H groups in total. The summed E-state index contributed by atoms with van der Waals surface area (Å²) in [5.74, 6) is -0.529. The fourth-order valence-corrected chi connectivity index (χ4v) is 3.88. The highest BCUT2D eigenvalue weighted by atomic mass is 32.1. The Bertz CT molecular complexity index is 987. The Labute approximate surface area is 149 Å². The lowest BCUT2D eigenvalue weighted by molar-refractivity contribution is -0.146. The van der Waals surface area contributed by atoms with Crippen LogP contribution in [-0.2, 0) is 16.8 Å². The topological polar surface area (TPSA) is 72.2 Å². The molecule has 0 atom stereocenters. The first-order valence-corrected chi connectivity index (χ1v) is 9.08. The smallest absolute Gasteiger partial charge is 0.329 e. The summed E-state index contributed by atoms with van der Waals surface area (Å²) in [6.45, 7) is 5.06. The second-order valence-electron chi connectivity index (χ2n) is 6.48. The number of aliphatic carboxylic acids is 1. The summed E-state index contributed by atoms with van der Waals surface area (Å²) in [4.78, 5) is 30.4. The van der Waals surface area contributed by atoms with Crippen LogP contribution in [0.15, 0.2) is 40.5 Å². The quantitative estimate of drug-likeness (QED) is 0.752. The maximum Gasteiger partial charge on any atom is 0.329 e. The van der Waals surface area contributed by atoms with Crippen LogP contribution >= 0.6 is 11.3 Å². The Kier molecular flexibility index (Phi) is 4.47. The van der Waals surface area contributed by atoms with Gasteiger partial charge >= 0.3 is 5.97 Å². The van der Waals surface area contributed by atoms with Crippen molar-refractivity contribution in [3.8, 4) is 11.1 Å². The molecule has 0 radical (unpaired) electrons. The van der Waals surface area contributed by atoms with Gasteiger partial charge in [-0.05, 0) is 25.8 Å². The van der Waals surface area contributed by atoms with Gasteiger partial charge in [-0.2, -0.15) is 0 Å². The molecule has 0 bridgehead atoms. The van der Waals surface area contributed by atoms with Crippen molar-refractivity contribution < 1.29 is 9.90 Å². The van der Waals surface area contributed by atoms with Gasteiger partial charge in [-0.1, -0.05) is 37.3 Å². The minimum atomic E-state index is -1.36. The van der Waals surface area contributed by atoms with Gasteiger partial charge in [0.05, 0.1) is 5.39 Å². The van der Waals surface area contributed by atoms with Crippen LogP contribution in [-0.4, -0.2) is 20.6 Å². The van der Waals surface area contributed by atoms with Gasteiger partial charge in [0.1, 0.15) is 16.2 Å². The van der Waals surface area contributed by atoms with E-state index in [0.717, 1.165) is 17.5 Å². The van der Waals surface area contributed by atoms with Gasteiger partial charge in [-0.25, -0.2) is 9.78 Å². The molecule has 130 valence electrons. The van der Waals surface area contributed by atoms with E-state index in [2.05, 4.69) is 4.98 Å². The van der Waals surface area contributed by atoms with E-state index in [1.807, 2.05) is 42.6 Å². The number of rotatable bonds is 5. The maximum atomic E-state index is 13.3. The normalized spacial score (nSPS) is 11.8. The van der Waals surface area contributed by atoms with Crippen LogP contribution in [0.4, 0.5) is 0 Å². The Balaban J connectivity index is 2.38. The van der Waals surface area contributed by atoms with E-state index in [0.29, 0.717) is 22.5 Å². The molecule has 0 saturated carbocycles. The summed E-state index contributed by atoms with van der Waals surface area (Å²) in [6, 6.07) is 9.62. The highest BCUT2D eigenvalue weighted by Gasteiger charge is 2.34. The number of aryl methyl sites for hydroxylation is 1. The van der Waals surface area contributed by atoms with Crippen LogP contribution in [0, 0.1) is 0 Å². The number of fused-ring (bicyclic) bond motifs is 1. The molecule has 3 aromatic rings. The van der Waals surface area contributed by atoms with Gasteiger partial charge in [0.2, 0.25) is 0 Å². The van der Waals surface area contributed by atoms with Crippen molar-refractivity contribution in [2.75, 3.05) is 0 Å². The monoisotopic (exact) mass is 356 g/mol. The SMILES string of the molecule is CCCc1nc2scc(-c3ccccc3)c2c(=O)n1C(C)(C)C(=O)O. The molecule has 2 heterocycles. The molecule has 0 unspecified atom stereocenters. The summed E-state index contributed by atoms with van der Waals surface area (Å²) in [5.41, 5.74) is 0.0752. The van der Waals surface area contributed by atoms with Crippen LogP contribution in [0.5, 0.6) is 0 Å². The van der Waals surface area contributed by atoms with Crippen LogP contribution in [0.3, 0.4) is 0 Å². The maximum absolute atomic E-state index is 13.3. The number of hydrogen-bond acceptors (Lipinski definition) is 4. The highest BCUT2D eigenvalue weighted by Crippen LogP contribution is 2.32. The van der Waals surface area contributed by atoms with E-state index in [1.54, 1.807) is 0 Å². The van der Waals surface area contributed by atoms with Crippen molar-refractivity contribution in [2.45, 2.75) is 39.2 Å². The molecule has 0 aliphatic rings. The van der Waals surface area contributed by atoms with Crippen molar-refractivity contribution in [2.24, 2.45) is 0 Å². The van der Waals surface area contributed by atoms with E-state index in [1.165, 1.54) is 29.8 Å². The van der Waals surface area contributed by atoms with Gasteiger partial charge in [-0.15, -0.1) is 11.3 Å². The van der Waals surface area contributed by atoms with Gasteiger partial charge in [0.25, 0.3) is 5.56 Å². The minimum absolute atomic E-state index is 0.291. The zero-order valence-electron chi connectivity index (χ0n) is 14.4. The van der Waals surface area contributed by atoms with Crippen LogP contribution < -0.4 is 5.56 Å². The van der Waals surface area contributed by atoms with Crippen LogP contribution in [0.2, 0.25) is 0 Å². The standard InChI is InChI=1S/C19H20N2O3S/c1-4-8-14-20-16-15(17(22)21(14)19(2,3)18(23)24)13(11-25-16)12-9-6-5-7-10-12/h5-7,9-11H,4,8H2,1-3H3,(H,23,24). The summed E-state index contributed by atoms with van der Waals surface area (Å²) in [6.07, 6.45) is 1.34. The first-order valence-electron chi connectivity index (χ1n) is 8.20. The lowest BCUT2D eigenvalue weighted by Gasteiger charge is -2.25.